The highest BCUT2D eigenvalue weighted by atomic mass is 16.2. The maximum atomic E-state index is 12.1. The second kappa shape index (κ2) is 8.49. The Morgan fingerprint density at radius 3 is 2.27 bits per heavy atom. The molecule has 0 radical (unpaired) electrons. The second-order valence-corrected chi connectivity index (χ2v) is 6.42. The number of para-hydroxylation sites is 2. The highest BCUT2D eigenvalue weighted by Crippen LogP contribution is 2.20. The van der Waals surface area contributed by atoms with Crippen molar-refractivity contribution in [2.45, 2.75) is 6.92 Å². The molecule has 1 heterocycles. The predicted molar refractivity (Wildman–Crippen MR) is 103 cm³/mol. The number of urea groups is 1. The van der Waals surface area contributed by atoms with E-state index in [1.807, 2.05) is 30.3 Å². The van der Waals surface area contributed by atoms with Crippen molar-refractivity contribution in [1.29, 1.82) is 0 Å². The van der Waals surface area contributed by atoms with Crippen LogP contribution >= 0.6 is 0 Å². The number of anilines is 2. The minimum Gasteiger partial charge on any atom is -0.369 e. The summed E-state index contributed by atoms with van der Waals surface area (Å²) in [6.07, 6.45) is 0. The molecule has 1 fully saturated rings. The topological polar surface area (TPSA) is 64.7 Å². The van der Waals surface area contributed by atoms with E-state index in [4.69, 9.17) is 0 Å². The number of carbonyl (C=O) groups excluding carboxylic acids is 2. The molecule has 26 heavy (non-hydrogen) atoms. The summed E-state index contributed by atoms with van der Waals surface area (Å²) in [5.41, 5.74) is 3.17. The first kappa shape index (κ1) is 17.9. The van der Waals surface area contributed by atoms with Crippen LogP contribution in [0, 0.1) is 6.92 Å². The fourth-order valence-corrected chi connectivity index (χ4v) is 3.12. The summed E-state index contributed by atoms with van der Waals surface area (Å²) in [4.78, 5) is 28.4. The Bertz CT molecular complexity index is 755. The van der Waals surface area contributed by atoms with Crippen molar-refractivity contribution in [3.05, 3.63) is 60.2 Å². The average Bonchev–Trinajstić information content (AvgIpc) is 2.63. The number of aryl methyl sites for hydroxylation is 1. The Labute approximate surface area is 153 Å². The Hall–Kier alpha value is -2.86. The monoisotopic (exact) mass is 352 g/mol. The third-order valence-electron chi connectivity index (χ3n) is 4.48. The van der Waals surface area contributed by atoms with Gasteiger partial charge in [0, 0.05) is 37.6 Å². The lowest BCUT2D eigenvalue weighted by Gasteiger charge is -2.36. The SMILES string of the molecule is Cc1ccccc1N1CCN(CC(=O)NC(=O)Nc2ccccc2)CC1. The maximum absolute atomic E-state index is 12.1. The van der Waals surface area contributed by atoms with E-state index < -0.39 is 6.03 Å². The molecule has 1 aliphatic rings. The molecule has 1 saturated heterocycles. The van der Waals surface area contributed by atoms with Gasteiger partial charge in [0.2, 0.25) is 5.91 Å². The number of amides is 3. The molecule has 1 aliphatic heterocycles. The number of rotatable bonds is 4. The maximum Gasteiger partial charge on any atom is 0.325 e. The van der Waals surface area contributed by atoms with E-state index in [1.165, 1.54) is 11.3 Å². The highest BCUT2D eigenvalue weighted by Gasteiger charge is 2.20. The lowest BCUT2D eigenvalue weighted by Crippen LogP contribution is -2.50. The van der Waals surface area contributed by atoms with Gasteiger partial charge in [-0.3, -0.25) is 15.0 Å². The van der Waals surface area contributed by atoms with E-state index in [0.717, 1.165) is 26.2 Å². The molecule has 3 rings (SSSR count). The van der Waals surface area contributed by atoms with Crippen LogP contribution in [0.4, 0.5) is 16.2 Å². The van der Waals surface area contributed by atoms with Crippen LogP contribution < -0.4 is 15.5 Å². The third kappa shape index (κ3) is 4.83. The smallest absolute Gasteiger partial charge is 0.325 e. The highest BCUT2D eigenvalue weighted by molar-refractivity contribution is 6.01. The zero-order valence-electron chi connectivity index (χ0n) is 14.9. The number of hydrogen-bond donors (Lipinski definition) is 2. The molecule has 2 N–H and O–H groups in total. The van der Waals surface area contributed by atoms with Crippen molar-refractivity contribution in [2.24, 2.45) is 0 Å². The van der Waals surface area contributed by atoms with E-state index in [-0.39, 0.29) is 12.5 Å². The van der Waals surface area contributed by atoms with Crippen LogP contribution in [0.1, 0.15) is 5.56 Å². The number of nitrogens with zero attached hydrogens (tertiary/aromatic N) is 2. The molecule has 0 unspecified atom stereocenters. The van der Waals surface area contributed by atoms with Crippen molar-refractivity contribution in [2.75, 3.05) is 42.9 Å². The van der Waals surface area contributed by atoms with Gasteiger partial charge in [-0.2, -0.15) is 0 Å². The molecule has 6 heteroatoms. The third-order valence-corrected chi connectivity index (χ3v) is 4.48. The first-order valence-corrected chi connectivity index (χ1v) is 8.80. The van der Waals surface area contributed by atoms with Crippen molar-refractivity contribution >= 4 is 23.3 Å². The van der Waals surface area contributed by atoms with Gasteiger partial charge in [-0.25, -0.2) is 4.79 Å². The van der Waals surface area contributed by atoms with Crippen molar-refractivity contribution in [3.8, 4) is 0 Å². The molecule has 0 aromatic heterocycles. The minimum atomic E-state index is -0.500. The number of piperazine rings is 1. The van der Waals surface area contributed by atoms with E-state index in [0.29, 0.717) is 5.69 Å². The molecule has 0 spiro atoms. The van der Waals surface area contributed by atoms with Crippen LogP contribution in [0.2, 0.25) is 0 Å². The van der Waals surface area contributed by atoms with Gasteiger partial charge in [0.1, 0.15) is 0 Å². The van der Waals surface area contributed by atoms with E-state index in [1.54, 1.807) is 12.1 Å². The van der Waals surface area contributed by atoms with Crippen LogP contribution in [0.5, 0.6) is 0 Å². The quantitative estimate of drug-likeness (QED) is 0.887. The fraction of sp³-hybridized carbons (Fsp3) is 0.300. The van der Waals surface area contributed by atoms with Gasteiger partial charge in [-0.15, -0.1) is 0 Å². The number of imide groups is 1. The summed E-state index contributed by atoms with van der Waals surface area (Å²) in [5, 5.41) is 5.03. The summed E-state index contributed by atoms with van der Waals surface area (Å²) in [5.74, 6) is -0.289. The lowest BCUT2D eigenvalue weighted by atomic mass is 10.1. The Morgan fingerprint density at radius 2 is 1.58 bits per heavy atom. The van der Waals surface area contributed by atoms with Crippen LogP contribution in [-0.2, 0) is 4.79 Å². The molecule has 0 aliphatic carbocycles. The molecule has 3 amide bonds. The number of nitrogens with one attached hydrogen (secondary N) is 2. The summed E-state index contributed by atoms with van der Waals surface area (Å²) >= 11 is 0. The van der Waals surface area contributed by atoms with Gasteiger partial charge in [0.15, 0.2) is 0 Å². The molecule has 0 bridgehead atoms. The van der Waals surface area contributed by atoms with Crippen molar-refractivity contribution in [1.82, 2.24) is 10.2 Å². The standard InChI is InChI=1S/C20H24N4O2/c1-16-7-5-6-10-18(16)24-13-11-23(12-14-24)15-19(25)22-20(26)21-17-8-3-2-4-9-17/h2-10H,11-15H2,1H3,(H2,21,22,25,26). The van der Waals surface area contributed by atoms with Gasteiger partial charge in [-0.1, -0.05) is 36.4 Å². The number of hydrogen-bond acceptors (Lipinski definition) is 4. The molecular formula is C20H24N4O2. The predicted octanol–water partition coefficient (Wildman–Crippen LogP) is 2.47. The van der Waals surface area contributed by atoms with Crippen LogP contribution in [0.25, 0.3) is 0 Å². The Morgan fingerprint density at radius 1 is 0.923 bits per heavy atom. The van der Waals surface area contributed by atoms with Gasteiger partial charge in [-0.05, 0) is 30.7 Å². The fourth-order valence-electron chi connectivity index (χ4n) is 3.12. The Kier molecular flexibility index (Phi) is 5.86. The van der Waals surface area contributed by atoms with E-state index in [2.05, 4.69) is 39.5 Å². The molecule has 2 aromatic rings. The number of benzene rings is 2. The number of carbonyl (C=O) groups is 2. The summed E-state index contributed by atoms with van der Waals surface area (Å²) < 4.78 is 0. The normalized spacial score (nSPS) is 14.7. The first-order chi connectivity index (χ1) is 12.6. The van der Waals surface area contributed by atoms with E-state index in [9.17, 15) is 9.59 Å². The molecule has 0 saturated carbocycles. The van der Waals surface area contributed by atoms with Crippen molar-refractivity contribution < 1.29 is 9.59 Å². The average molecular weight is 352 g/mol. The van der Waals surface area contributed by atoms with Gasteiger partial charge in [0.05, 0.1) is 6.54 Å². The van der Waals surface area contributed by atoms with Gasteiger partial charge >= 0.3 is 6.03 Å². The summed E-state index contributed by atoms with van der Waals surface area (Å²) in [7, 11) is 0. The zero-order valence-corrected chi connectivity index (χ0v) is 14.9. The Balaban J connectivity index is 1.43. The zero-order chi connectivity index (χ0) is 18.4. The second-order valence-electron chi connectivity index (χ2n) is 6.42. The van der Waals surface area contributed by atoms with Gasteiger partial charge in [0.25, 0.3) is 0 Å². The van der Waals surface area contributed by atoms with Crippen molar-refractivity contribution in [3.63, 3.8) is 0 Å². The van der Waals surface area contributed by atoms with E-state index >= 15 is 0 Å². The largest absolute Gasteiger partial charge is 0.369 e. The summed E-state index contributed by atoms with van der Waals surface area (Å²) in [6, 6.07) is 16.9. The minimum absolute atomic E-state index is 0.226. The molecule has 0 atom stereocenters. The molecular weight excluding hydrogens is 328 g/mol. The van der Waals surface area contributed by atoms with Gasteiger partial charge < -0.3 is 10.2 Å². The molecule has 2 aromatic carbocycles. The molecule has 6 nitrogen and oxygen atoms in total. The van der Waals surface area contributed by atoms with Crippen LogP contribution in [0.15, 0.2) is 54.6 Å². The molecule has 136 valence electrons. The van der Waals surface area contributed by atoms with Crippen LogP contribution in [0.3, 0.4) is 0 Å². The van der Waals surface area contributed by atoms with Crippen LogP contribution in [-0.4, -0.2) is 49.6 Å². The summed E-state index contributed by atoms with van der Waals surface area (Å²) in [6.45, 7) is 5.66. The lowest BCUT2D eigenvalue weighted by molar-refractivity contribution is -0.121. The first-order valence-electron chi connectivity index (χ1n) is 8.80.